The van der Waals surface area contributed by atoms with E-state index < -0.39 is 11.7 Å². The Morgan fingerprint density at radius 1 is 1.21 bits per heavy atom. The van der Waals surface area contributed by atoms with Crippen LogP contribution in [0.3, 0.4) is 0 Å². The number of imidazole rings is 1. The Bertz CT molecular complexity index is 1860. The lowest BCUT2D eigenvalue weighted by Crippen LogP contribution is -2.34. The van der Waals surface area contributed by atoms with Gasteiger partial charge < -0.3 is 24.8 Å². The molecule has 0 saturated carbocycles. The molecule has 11 nitrogen and oxygen atoms in total. The van der Waals surface area contributed by atoms with Crippen molar-refractivity contribution >= 4 is 57.0 Å². The van der Waals surface area contributed by atoms with Crippen LogP contribution in [0.15, 0.2) is 49.2 Å². The van der Waals surface area contributed by atoms with Crippen molar-refractivity contribution in [3.8, 4) is 23.8 Å². The number of hydrogen-bond acceptors (Lipinski definition) is 9. The van der Waals surface area contributed by atoms with E-state index >= 15 is 4.39 Å². The Morgan fingerprint density at radius 2 is 2.10 bits per heavy atom. The van der Waals surface area contributed by atoms with Gasteiger partial charge in [0.05, 0.1) is 28.8 Å². The number of hydrogen-bond donors (Lipinski definition) is 2. The molecule has 13 heteroatoms. The third-order valence-electron chi connectivity index (χ3n) is 7.06. The maximum absolute atomic E-state index is 15.3. The molecule has 0 radical (unpaired) electrons. The van der Waals surface area contributed by atoms with Gasteiger partial charge in [0.2, 0.25) is 0 Å². The first kappa shape index (κ1) is 27.2. The van der Waals surface area contributed by atoms with Crippen molar-refractivity contribution in [2.24, 2.45) is 7.05 Å². The fourth-order valence-corrected chi connectivity index (χ4v) is 5.23. The number of rotatable bonds is 8. The molecule has 0 unspecified atom stereocenters. The van der Waals surface area contributed by atoms with Gasteiger partial charge in [-0.1, -0.05) is 11.6 Å². The largest absolute Gasteiger partial charge is 0.454 e. The molecule has 1 aliphatic heterocycles. The number of aryl methyl sites for hydroxylation is 1. The summed E-state index contributed by atoms with van der Waals surface area (Å²) in [5.74, 6) is 2.61. The summed E-state index contributed by atoms with van der Waals surface area (Å²) < 4.78 is 22.9. The number of amides is 1. The molecule has 4 aromatic heterocycles. The Morgan fingerprint density at radius 3 is 2.95 bits per heavy atom. The predicted octanol–water partition coefficient (Wildman–Crippen LogP) is 4.74. The van der Waals surface area contributed by atoms with Gasteiger partial charge in [0.15, 0.2) is 11.5 Å². The first-order valence-electron chi connectivity index (χ1n) is 13.2. The van der Waals surface area contributed by atoms with Crippen molar-refractivity contribution in [1.82, 2.24) is 34.8 Å². The Balaban J connectivity index is 1.23. The number of aromatic nitrogens is 6. The number of nitrogens with one attached hydrogen (secondary N) is 2. The lowest BCUT2D eigenvalue weighted by Gasteiger charge is -2.26. The lowest BCUT2D eigenvalue weighted by molar-refractivity contribution is -0.115. The number of ether oxygens (including phenoxy) is 1. The molecule has 1 atom stereocenters. The third-order valence-corrected chi connectivity index (χ3v) is 7.36. The van der Waals surface area contributed by atoms with Crippen LogP contribution in [0.4, 0.5) is 21.7 Å². The second-order valence-corrected chi connectivity index (χ2v) is 10.2. The monoisotopic (exact) mass is 585 g/mol. The van der Waals surface area contributed by atoms with Gasteiger partial charge in [-0.05, 0) is 43.4 Å². The summed E-state index contributed by atoms with van der Waals surface area (Å²) in [5, 5.41) is 5.92. The summed E-state index contributed by atoms with van der Waals surface area (Å²) in [6.07, 6.45) is 12.4. The Hall–Kier alpha value is -5.02. The summed E-state index contributed by atoms with van der Waals surface area (Å²) in [4.78, 5) is 35.7. The zero-order valence-corrected chi connectivity index (χ0v) is 23.3. The highest BCUT2D eigenvalue weighted by molar-refractivity contribution is 6.32. The van der Waals surface area contributed by atoms with Crippen molar-refractivity contribution < 1.29 is 13.9 Å². The average molecular weight is 586 g/mol. The van der Waals surface area contributed by atoms with E-state index in [1.54, 1.807) is 17.0 Å². The number of halogens is 2. The Labute approximate surface area is 245 Å². The van der Waals surface area contributed by atoms with Gasteiger partial charge in [0, 0.05) is 38.3 Å². The van der Waals surface area contributed by atoms with Gasteiger partial charge >= 0.3 is 0 Å². The highest BCUT2D eigenvalue weighted by atomic mass is 35.5. The van der Waals surface area contributed by atoms with Gasteiger partial charge in [-0.25, -0.2) is 29.3 Å². The molecule has 2 N–H and O–H groups in total. The molecule has 42 heavy (non-hydrogen) atoms. The van der Waals surface area contributed by atoms with Crippen LogP contribution in [0, 0.1) is 18.2 Å². The molecule has 1 amide bonds. The molecule has 0 aliphatic carbocycles. The van der Waals surface area contributed by atoms with Gasteiger partial charge in [-0.2, -0.15) is 0 Å². The zero-order chi connectivity index (χ0) is 29.2. The molecule has 6 rings (SSSR count). The van der Waals surface area contributed by atoms with Crippen molar-refractivity contribution in [1.29, 1.82) is 0 Å². The van der Waals surface area contributed by atoms with E-state index in [1.807, 2.05) is 19.2 Å². The molecule has 5 aromatic rings. The van der Waals surface area contributed by atoms with Crippen molar-refractivity contribution in [2.75, 3.05) is 23.3 Å². The number of nitrogens with zero attached hydrogens (tertiary/aromatic N) is 7. The van der Waals surface area contributed by atoms with E-state index in [1.165, 1.54) is 24.7 Å². The number of fused-ring (bicyclic) bond motifs is 2. The predicted molar refractivity (Wildman–Crippen MR) is 157 cm³/mol. The van der Waals surface area contributed by atoms with Crippen LogP contribution in [0.5, 0.6) is 11.5 Å². The van der Waals surface area contributed by atoms with E-state index in [0.29, 0.717) is 40.3 Å². The standard InChI is InChI=1S/C29H25ClFN9O2/c1-3-26(41)32-9-8-17-5-4-10-40(17)25-7-6-21-27(38-25)28(35-15-34-21)37-22-12-19(30)24(13-20(22)31)42-18-11-23-29(33-14-18)39(2)16-36-23/h1,6-7,11-17H,4-5,8-10H2,2H3,(H,32,41)(H,34,35,37)/t17-/m0/s1. The maximum Gasteiger partial charge on any atom is 0.295 e. The summed E-state index contributed by atoms with van der Waals surface area (Å²) >= 11 is 6.49. The summed E-state index contributed by atoms with van der Waals surface area (Å²) in [6, 6.07) is 8.27. The minimum Gasteiger partial charge on any atom is -0.454 e. The second kappa shape index (κ2) is 11.5. The van der Waals surface area contributed by atoms with Crippen molar-refractivity contribution in [3.63, 3.8) is 0 Å². The number of pyridine rings is 2. The topological polar surface area (TPSA) is 123 Å². The van der Waals surface area contributed by atoms with Crippen LogP contribution in [-0.4, -0.2) is 54.5 Å². The molecule has 1 aliphatic rings. The van der Waals surface area contributed by atoms with Crippen LogP contribution >= 0.6 is 11.6 Å². The molecule has 5 heterocycles. The van der Waals surface area contributed by atoms with Gasteiger partial charge in [-0.3, -0.25) is 4.79 Å². The van der Waals surface area contributed by atoms with E-state index in [9.17, 15) is 4.79 Å². The van der Waals surface area contributed by atoms with Crippen LogP contribution < -0.4 is 20.3 Å². The number of anilines is 3. The van der Waals surface area contributed by atoms with E-state index in [4.69, 9.17) is 27.7 Å². The normalized spacial score (nSPS) is 14.7. The first-order chi connectivity index (χ1) is 20.4. The number of carbonyl (C=O) groups excluding carboxylic acids is 1. The summed E-state index contributed by atoms with van der Waals surface area (Å²) in [6.45, 7) is 1.29. The Kier molecular flexibility index (Phi) is 7.41. The summed E-state index contributed by atoms with van der Waals surface area (Å²) in [7, 11) is 1.84. The molecule has 1 aromatic carbocycles. The summed E-state index contributed by atoms with van der Waals surface area (Å²) in [5.41, 5.74) is 2.51. The van der Waals surface area contributed by atoms with E-state index in [2.05, 4.69) is 41.4 Å². The highest BCUT2D eigenvalue weighted by Gasteiger charge is 2.26. The van der Waals surface area contributed by atoms with E-state index in [-0.39, 0.29) is 22.5 Å². The van der Waals surface area contributed by atoms with Crippen molar-refractivity contribution in [2.45, 2.75) is 25.3 Å². The van der Waals surface area contributed by atoms with Crippen molar-refractivity contribution in [3.05, 3.63) is 60.0 Å². The molecular formula is C29H25ClFN9O2. The van der Waals surface area contributed by atoms with Crippen LogP contribution in [0.1, 0.15) is 19.3 Å². The fraction of sp³-hybridized carbons (Fsp3) is 0.241. The third kappa shape index (κ3) is 5.46. The molecule has 0 bridgehead atoms. The van der Waals surface area contributed by atoms with Gasteiger partial charge in [-0.15, -0.1) is 6.42 Å². The number of carbonyl (C=O) groups is 1. The number of benzene rings is 1. The molecule has 1 saturated heterocycles. The molecule has 212 valence electrons. The highest BCUT2D eigenvalue weighted by Crippen LogP contribution is 2.36. The van der Waals surface area contributed by atoms with Crippen LogP contribution in [0.2, 0.25) is 5.02 Å². The maximum atomic E-state index is 15.3. The van der Waals surface area contributed by atoms with Crippen LogP contribution in [0.25, 0.3) is 22.2 Å². The SMILES string of the molecule is C#CC(=O)NCC[C@@H]1CCCN1c1ccc2ncnc(Nc3cc(Cl)c(Oc4cnc5c(c4)ncn5C)cc3F)c2n1. The molecule has 0 spiro atoms. The quantitative estimate of drug-likeness (QED) is 0.248. The minimum atomic E-state index is -0.599. The van der Waals surface area contributed by atoms with Gasteiger partial charge in [0.1, 0.15) is 40.5 Å². The van der Waals surface area contributed by atoms with Crippen LogP contribution in [-0.2, 0) is 11.8 Å². The second-order valence-electron chi connectivity index (χ2n) is 9.80. The molecular weight excluding hydrogens is 561 g/mol. The fourth-order valence-electron chi connectivity index (χ4n) is 5.03. The first-order valence-corrected chi connectivity index (χ1v) is 13.6. The van der Waals surface area contributed by atoms with E-state index in [0.717, 1.165) is 31.6 Å². The zero-order valence-electron chi connectivity index (χ0n) is 22.5. The lowest BCUT2D eigenvalue weighted by atomic mass is 10.1. The minimum absolute atomic E-state index is 0.0983. The number of terminal acetylenes is 1. The van der Waals surface area contributed by atoms with Gasteiger partial charge in [0.25, 0.3) is 5.91 Å². The average Bonchev–Trinajstić information content (AvgIpc) is 3.61. The smallest absolute Gasteiger partial charge is 0.295 e. The molecule has 1 fully saturated rings.